The van der Waals surface area contributed by atoms with E-state index in [1.165, 1.54) is 5.56 Å². The van der Waals surface area contributed by atoms with Gasteiger partial charge in [-0.05, 0) is 44.5 Å². The van der Waals surface area contributed by atoms with Crippen molar-refractivity contribution in [3.8, 4) is 0 Å². The molecule has 1 aromatic heterocycles. The fourth-order valence-electron chi connectivity index (χ4n) is 2.88. The van der Waals surface area contributed by atoms with E-state index in [4.69, 9.17) is 0 Å². The van der Waals surface area contributed by atoms with Crippen molar-refractivity contribution >= 4 is 11.6 Å². The highest BCUT2D eigenvalue weighted by atomic mass is 16.2. The number of rotatable bonds is 2. The smallest absolute Gasteiger partial charge is 0.235 e. The molecule has 1 fully saturated rings. The quantitative estimate of drug-likeness (QED) is 0.779. The van der Waals surface area contributed by atoms with Crippen LogP contribution in [0.4, 0.5) is 5.69 Å². The molecule has 0 saturated carbocycles. The lowest BCUT2D eigenvalue weighted by atomic mass is 9.70. The number of hydrogen-bond donors (Lipinski definition) is 0. The molecule has 0 spiro atoms. The summed E-state index contributed by atoms with van der Waals surface area (Å²) in [6.07, 6.45) is 3.60. The molecule has 1 aliphatic rings. The van der Waals surface area contributed by atoms with Crippen LogP contribution >= 0.6 is 0 Å². The lowest BCUT2D eigenvalue weighted by Crippen LogP contribution is -2.61. The van der Waals surface area contributed by atoms with Crippen LogP contribution in [0.15, 0.2) is 48.8 Å². The van der Waals surface area contributed by atoms with Crippen LogP contribution in [0.1, 0.15) is 31.0 Å². The molecule has 3 nitrogen and oxygen atoms in total. The second kappa shape index (κ2) is 4.44. The summed E-state index contributed by atoms with van der Waals surface area (Å²) in [6, 6.07) is 12.1. The zero-order valence-corrected chi connectivity index (χ0v) is 12.0. The fourth-order valence-corrected chi connectivity index (χ4v) is 2.88. The molecule has 0 bridgehead atoms. The monoisotopic (exact) mass is 266 g/mol. The standard InChI is InChI=1S/C17H18N2O/c1-12-6-8-14(9-7-12)19-15(17(2,3)16(19)20)13-5-4-10-18-11-13/h4-11,15H,1-3H3. The van der Waals surface area contributed by atoms with Crippen LogP contribution in [0.25, 0.3) is 0 Å². The Labute approximate surface area is 119 Å². The summed E-state index contributed by atoms with van der Waals surface area (Å²) < 4.78 is 0. The summed E-state index contributed by atoms with van der Waals surface area (Å²) in [5.41, 5.74) is 2.85. The average molecular weight is 266 g/mol. The third-order valence-electron chi connectivity index (χ3n) is 4.02. The first-order chi connectivity index (χ1) is 9.51. The van der Waals surface area contributed by atoms with Gasteiger partial charge in [-0.25, -0.2) is 0 Å². The van der Waals surface area contributed by atoms with Gasteiger partial charge >= 0.3 is 0 Å². The van der Waals surface area contributed by atoms with E-state index >= 15 is 0 Å². The van der Waals surface area contributed by atoms with E-state index in [0.29, 0.717) is 0 Å². The van der Waals surface area contributed by atoms with Crippen molar-refractivity contribution in [2.45, 2.75) is 26.8 Å². The third-order valence-corrected chi connectivity index (χ3v) is 4.02. The van der Waals surface area contributed by atoms with Gasteiger partial charge in [-0.1, -0.05) is 23.8 Å². The van der Waals surface area contributed by atoms with Gasteiger partial charge in [0, 0.05) is 18.1 Å². The number of nitrogens with zero attached hydrogens (tertiary/aromatic N) is 2. The highest BCUT2D eigenvalue weighted by Crippen LogP contribution is 2.51. The van der Waals surface area contributed by atoms with E-state index < -0.39 is 0 Å². The van der Waals surface area contributed by atoms with E-state index in [2.05, 4.69) is 4.98 Å². The molecule has 0 radical (unpaired) electrons. The number of pyridine rings is 1. The molecule has 1 amide bonds. The number of hydrogen-bond acceptors (Lipinski definition) is 2. The van der Waals surface area contributed by atoms with Crippen molar-refractivity contribution in [3.05, 3.63) is 59.9 Å². The summed E-state index contributed by atoms with van der Waals surface area (Å²) in [5, 5.41) is 0. The van der Waals surface area contributed by atoms with E-state index in [-0.39, 0.29) is 17.4 Å². The van der Waals surface area contributed by atoms with Crippen molar-refractivity contribution in [2.75, 3.05) is 4.90 Å². The molecule has 1 saturated heterocycles. The largest absolute Gasteiger partial charge is 0.303 e. The van der Waals surface area contributed by atoms with Gasteiger partial charge in [-0.3, -0.25) is 9.78 Å². The Hall–Kier alpha value is -2.16. The summed E-state index contributed by atoms with van der Waals surface area (Å²) in [7, 11) is 0. The predicted octanol–water partition coefficient (Wildman–Crippen LogP) is 3.50. The Balaban J connectivity index is 2.02. The number of aromatic nitrogens is 1. The molecular weight excluding hydrogens is 248 g/mol. The van der Waals surface area contributed by atoms with Crippen molar-refractivity contribution in [3.63, 3.8) is 0 Å². The number of benzene rings is 1. The Kier molecular flexibility index (Phi) is 2.85. The van der Waals surface area contributed by atoms with Crippen LogP contribution < -0.4 is 4.90 Å². The second-order valence-electron chi connectivity index (χ2n) is 5.92. The van der Waals surface area contributed by atoms with Gasteiger partial charge in [0.2, 0.25) is 5.91 Å². The van der Waals surface area contributed by atoms with Crippen LogP contribution in [-0.4, -0.2) is 10.9 Å². The highest BCUT2D eigenvalue weighted by Gasteiger charge is 2.55. The highest BCUT2D eigenvalue weighted by molar-refractivity contribution is 6.05. The zero-order valence-electron chi connectivity index (χ0n) is 12.0. The Morgan fingerprint density at radius 2 is 1.85 bits per heavy atom. The Morgan fingerprint density at radius 3 is 2.45 bits per heavy atom. The first-order valence-corrected chi connectivity index (χ1v) is 6.82. The van der Waals surface area contributed by atoms with Crippen molar-refractivity contribution < 1.29 is 4.79 Å². The van der Waals surface area contributed by atoms with E-state index in [9.17, 15) is 4.79 Å². The Bertz CT molecular complexity index is 632. The molecule has 1 atom stereocenters. The molecule has 2 heterocycles. The summed E-state index contributed by atoms with van der Waals surface area (Å²) in [5.74, 6) is 0.162. The first kappa shape index (κ1) is 12.9. The van der Waals surface area contributed by atoms with Gasteiger partial charge in [0.15, 0.2) is 0 Å². The Morgan fingerprint density at radius 1 is 1.15 bits per heavy atom. The van der Waals surface area contributed by atoms with Crippen molar-refractivity contribution in [1.82, 2.24) is 4.98 Å². The van der Waals surface area contributed by atoms with Crippen molar-refractivity contribution in [1.29, 1.82) is 0 Å². The molecule has 1 aliphatic heterocycles. The van der Waals surface area contributed by atoms with Gasteiger partial charge in [0.05, 0.1) is 11.5 Å². The maximum Gasteiger partial charge on any atom is 0.235 e. The topological polar surface area (TPSA) is 33.2 Å². The zero-order chi connectivity index (χ0) is 14.3. The minimum Gasteiger partial charge on any atom is -0.303 e. The molecule has 0 aliphatic carbocycles. The van der Waals surface area contributed by atoms with E-state index in [1.807, 2.05) is 68.3 Å². The summed E-state index contributed by atoms with van der Waals surface area (Å²) in [4.78, 5) is 18.5. The third kappa shape index (κ3) is 1.82. The minimum absolute atomic E-state index is 0.0476. The van der Waals surface area contributed by atoms with Gasteiger partial charge in [-0.15, -0.1) is 0 Å². The SMILES string of the molecule is Cc1ccc(N2C(=O)C(C)(C)C2c2cccnc2)cc1. The van der Waals surface area contributed by atoms with Crippen LogP contribution in [0.2, 0.25) is 0 Å². The second-order valence-corrected chi connectivity index (χ2v) is 5.92. The molecule has 3 heteroatoms. The van der Waals surface area contributed by atoms with Gasteiger partial charge < -0.3 is 4.90 Å². The number of anilines is 1. The number of carbonyl (C=O) groups is 1. The van der Waals surface area contributed by atoms with Crippen LogP contribution in [0.3, 0.4) is 0 Å². The summed E-state index contributed by atoms with van der Waals surface area (Å²) >= 11 is 0. The van der Waals surface area contributed by atoms with Crippen molar-refractivity contribution in [2.24, 2.45) is 5.41 Å². The first-order valence-electron chi connectivity index (χ1n) is 6.82. The number of amides is 1. The van der Waals surface area contributed by atoms with E-state index in [0.717, 1.165) is 11.3 Å². The minimum atomic E-state index is -0.381. The lowest BCUT2D eigenvalue weighted by Gasteiger charge is -2.53. The average Bonchev–Trinajstić information content (AvgIpc) is 2.46. The molecule has 3 rings (SSSR count). The lowest BCUT2D eigenvalue weighted by molar-refractivity contribution is -0.137. The maximum absolute atomic E-state index is 12.5. The van der Waals surface area contributed by atoms with Gasteiger partial charge in [-0.2, -0.15) is 0 Å². The van der Waals surface area contributed by atoms with Gasteiger partial charge in [0.25, 0.3) is 0 Å². The molecule has 0 N–H and O–H groups in total. The maximum atomic E-state index is 12.5. The van der Waals surface area contributed by atoms with Crippen LogP contribution in [0, 0.1) is 12.3 Å². The van der Waals surface area contributed by atoms with Crippen LogP contribution in [0.5, 0.6) is 0 Å². The van der Waals surface area contributed by atoms with E-state index in [1.54, 1.807) is 6.20 Å². The number of carbonyl (C=O) groups excluding carboxylic acids is 1. The number of β-lactam (4-membered cyclic amide) rings is 1. The molecule has 1 aromatic carbocycles. The molecular formula is C17H18N2O. The molecule has 102 valence electrons. The molecule has 20 heavy (non-hydrogen) atoms. The number of aryl methyl sites for hydroxylation is 1. The fraction of sp³-hybridized carbons (Fsp3) is 0.294. The predicted molar refractivity (Wildman–Crippen MR) is 79.4 cm³/mol. The summed E-state index contributed by atoms with van der Waals surface area (Å²) in [6.45, 7) is 6.04. The normalized spacial score (nSPS) is 20.6. The van der Waals surface area contributed by atoms with Crippen LogP contribution in [-0.2, 0) is 4.79 Å². The molecule has 2 aromatic rings. The molecule has 1 unspecified atom stereocenters. The van der Waals surface area contributed by atoms with Gasteiger partial charge in [0.1, 0.15) is 0 Å².